The topological polar surface area (TPSA) is 53.7 Å². The monoisotopic (exact) mass is 261 g/mol. The molecule has 1 heterocycles. The number of benzene rings is 2. The predicted molar refractivity (Wildman–Crippen MR) is 66.9 cm³/mol. The van der Waals surface area contributed by atoms with Crippen molar-refractivity contribution in [3.05, 3.63) is 47.8 Å². The van der Waals surface area contributed by atoms with Crippen LogP contribution in [0.2, 0.25) is 0 Å². The van der Waals surface area contributed by atoms with Gasteiger partial charge < -0.3 is 19.9 Å². The number of halogens is 1. The highest BCUT2D eigenvalue weighted by atomic mass is 19.1. The molecule has 2 aromatic carbocycles. The second-order valence-electron chi connectivity index (χ2n) is 4.12. The van der Waals surface area contributed by atoms with Crippen LogP contribution in [0.25, 0.3) is 0 Å². The lowest BCUT2D eigenvalue weighted by Crippen LogP contribution is -1.97. The van der Waals surface area contributed by atoms with E-state index in [1.165, 1.54) is 12.1 Å². The van der Waals surface area contributed by atoms with Gasteiger partial charge in [0.15, 0.2) is 11.5 Å². The van der Waals surface area contributed by atoms with E-state index in [2.05, 4.69) is 0 Å². The normalized spacial score (nSPS) is 12.5. The highest BCUT2D eigenvalue weighted by Crippen LogP contribution is 2.36. The van der Waals surface area contributed by atoms with Crippen LogP contribution in [0.4, 0.5) is 4.39 Å². The van der Waals surface area contributed by atoms with E-state index in [0.29, 0.717) is 28.6 Å². The van der Waals surface area contributed by atoms with Crippen molar-refractivity contribution in [2.45, 2.75) is 6.54 Å². The average Bonchev–Trinajstić information content (AvgIpc) is 2.85. The van der Waals surface area contributed by atoms with Crippen LogP contribution in [-0.2, 0) is 6.54 Å². The third kappa shape index (κ3) is 2.46. The summed E-state index contributed by atoms with van der Waals surface area (Å²) in [5.41, 5.74) is 6.17. The van der Waals surface area contributed by atoms with Crippen molar-refractivity contribution in [1.29, 1.82) is 0 Å². The third-order valence-corrected chi connectivity index (χ3v) is 2.75. The summed E-state index contributed by atoms with van der Waals surface area (Å²) in [6, 6.07) is 9.58. The molecule has 3 rings (SSSR count). The molecule has 0 saturated heterocycles. The standard InChI is InChI=1S/C14H12FNO3/c15-10-3-9(7-16)4-12(5-10)19-11-1-2-13-14(6-11)18-8-17-13/h1-6H,7-8,16H2. The Morgan fingerprint density at radius 1 is 1.05 bits per heavy atom. The molecule has 0 spiro atoms. The Bertz CT molecular complexity index is 616. The van der Waals surface area contributed by atoms with E-state index in [1.54, 1.807) is 24.3 Å². The minimum atomic E-state index is -0.376. The summed E-state index contributed by atoms with van der Waals surface area (Å²) in [7, 11) is 0. The maximum Gasteiger partial charge on any atom is 0.231 e. The Morgan fingerprint density at radius 2 is 1.89 bits per heavy atom. The van der Waals surface area contributed by atoms with E-state index < -0.39 is 0 Å². The molecule has 19 heavy (non-hydrogen) atoms. The summed E-state index contributed by atoms with van der Waals surface area (Å²) >= 11 is 0. The Labute approximate surface area is 109 Å². The molecule has 1 aliphatic rings. The van der Waals surface area contributed by atoms with E-state index in [1.807, 2.05) is 0 Å². The molecule has 2 aromatic rings. The molecular weight excluding hydrogens is 249 g/mol. The molecule has 0 aromatic heterocycles. The van der Waals surface area contributed by atoms with Crippen LogP contribution in [0, 0.1) is 5.82 Å². The van der Waals surface area contributed by atoms with Crippen molar-refractivity contribution in [3.63, 3.8) is 0 Å². The summed E-state index contributed by atoms with van der Waals surface area (Å²) in [5.74, 6) is 1.87. The Balaban J connectivity index is 1.86. The van der Waals surface area contributed by atoms with Crippen LogP contribution in [0.5, 0.6) is 23.0 Å². The van der Waals surface area contributed by atoms with Crippen molar-refractivity contribution in [1.82, 2.24) is 0 Å². The van der Waals surface area contributed by atoms with Crippen molar-refractivity contribution < 1.29 is 18.6 Å². The molecule has 0 saturated carbocycles. The van der Waals surface area contributed by atoms with Gasteiger partial charge in [-0.2, -0.15) is 0 Å². The van der Waals surface area contributed by atoms with Crippen LogP contribution in [-0.4, -0.2) is 6.79 Å². The van der Waals surface area contributed by atoms with Gasteiger partial charge in [0.25, 0.3) is 0 Å². The lowest BCUT2D eigenvalue weighted by atomic mass is 10.2. The van der Waals surface area contributed by atoms with Gasteiger partial charge in [-0.05, 0) is 29.8 Å². The minimum absolute atomic E-state index is 0.204. The largest absolute Gasteiger partial charge is 0.457 e. The predicted octanol–water partition coefficient (Wildman–Crippen LogP) is 2.81. The fourth-order valence-electron chi connectivity index (χ4n) is 1.87. The van der Waals surface area contributed by atoms with E-state index >= 15 is 0 Å². The van der Waals surface area contributed by atoms with Crippen LogP contribution >= 0.6 is 0 Å². The molecule has 0 bridgehead atoms. The van der Waals surface area contributed by atoms with Gasteiger partial charge in [0.1, 0.15) is 17.3 Å². The summed E-state index contributed by atoms with van der Waals surface area (Å²) in [6.07, 6.45) is 0. The summed E-state index contributed by atoms with van der Waals surface area (Å²) in [4.78, 5) is 0. The van der Waals surface area contributed by atoms with Crippen molar-refractivity contribution in [3.8, 4) is 23.0 Å². The number of nitrogens with two attached hydrogens (primary N) is 1. The molecule has 0 aliphatic carbocycles. The van der Waals surface area contributed by atoms with Crippen LogP contribution in [0.3, 0.4) is 0 Å². The number of ether oxygens (including phenoxy) is 3. The van der Waals surface area contributed by atoms with Gasteiger partial charge in [-0.3, -0.25) is 0 Å². The highest BCUT2D eigenvalue weighted by Gasteiger charge is 2.14. The first-order chi connectivity index (χ1) is 9.24. The maximum absolute atomic E-state index is 13.4. The van der Waals surface area contributed by atoms with Gasteiger partial charge >= 0.3 is 0 Å². The molecule has 0 fully saturated rings. The zero-order valence-corrected chi connectivity index (χ0v) is 10.1. The summed E-state index contributed by atoms with van der Waals surface area (Å²) < 4.78 is 29.4. The number of hydrogen-bond acceptors (Lipinski definition) is 4. The van der Waals surface area contributed by atoms with Gasteiger partial charge in [0.05, 0.1) is 0 Å². The average molecular weight is 261 g/mol. The smallest absolute Gasteiger partial charge is 0.231 e. The van der Waals surface area contributed by atoms with Crippen LogP contribution in [0.1, 0.15) is 5.56 Å². The second-order valence-corrected chi connectivity index (χ2v) is 4.12. The molecule has 2 N–H and O–H groups in total. The van der Waals surface area contributed by atoms with Gasteiger partial charge in [-0.15, -0.1) is 0 Å². The molecular formula is C14H12FNO3. The molecule has 0 unspecified atom stereocenters. The van der Waals surface area contributed by atoms with Crippen LogP contribution < -0.4 is 19.9 Å². The molecule has 98 valence electrons. The third-order valence-electron chi connectivity index (χ3n) is 2.75. The first-order valence-corrected chi connectivity index (χ1v) is 5.81. The molecule has 4 nitrogen and oxygen atoms in total. The van der Waals surface area contributed by atoms with E-state index in [9.17, 15) is 4.39 Å². The number of hydrogen-bond donors (Lipinski definition) is 1. The van der Waals surface area contributed by atoms with E-state index in [4.69, 9.17) is 19.9 Å². The fraction of sp³-hybridized carbons (Fsp3) is 0.143. The molecule has 5 heteroatoms. The lowest BCUT2D eigenvalue weighted by molar-refractivity contribution is 0.174. The van der Waals surface area contributed by atoms with Crippen molar-refractivity contribution in [2.24, 2.45) is 5.73 Å². The SMILES string of the molecule is NCc1cc(F)cc(Oc2ccc3c(c2)OCO3)c1. The number of fused-ring (bicyclic) bond motifs is 1. The van der Waals surface area contributed by atoms with Crippen molar-refractivity contribution in [2.75, 3.05) is 6.79 Å². The highest BCUT2D eigenvalue weighted by molar-refractivity contribution is 5.48. The first kappa shape index (κ1) is 11.8. The Kier molecular flexibility index (Phi) is 2.97. The minimum Gasteiger partial charge on any atom is -0.457 e. The molecule has 0 amide bonds. The van der Waals surface area contributed by atoms with Gasteiger partial charge in [-0.25, -0.2) is 4.39 Å². The lowest BCUT2D eigenvalue weighted by Gasteiger charge is -2.08. The Morgan fingerprint density at radius 3 is 2.74 bits per heavy atom. The zero-order chi connectivity index (χ0) is 13.2. The van der Waals surface area contributed by atoms with Crippen molar-refractivity contribution >= 4 is 0 Å². The first-order valence-electron chi connectivity index (χ1n) is 5.81. The summed E-state index contributed by atoms with van der Waals surface area (Å²) in [6.45, 7) is 0.464. The molecule has 0 atom stereocenters. The van der Waals surface area contributed by atoms with Gasteiger partial charge in [0.2, 0.25) is 6.79 Å². The fourth-order valence-corrected chi connectivity index (χ4v) is 1.87. The maximum atomic E-state index is 13.4. The second kappa shape index (κ2) is 4.78. The molecule has 0 radical (unpaired) electrons. The van der Waals surface area contributed by atoms with E-state index in [-0.39, 0.29) is 19.2 Å². The Hall–Kier alpha value is -2.27. The number of rotatable bonds is 3. The molecule has 1 aliphatic heterocycles. The zero-order valence-electron chi connectivity index (χ0n) is 10.1. The van der Waals surface area contributed by atoms with Crippen LogP contribution in [0.15, 0.2) is 36.4 Å². The van der Waals surface area contributed by atoms with Gasteiger partial charge in [-0.1, -0.05) is 0 Å². The van der Waals surface area contributed by atoms with Gasteiger partial charge in [0, 0.05) is 18.7 Å². The quantitative estimate of drug-likeness (QED) is 0.923. The summed E-state index contributed by atoms with van der Waals surface area (Å²) in [5, 5.41) is 0. The van der Waals surface area contributed by atoms with E-state index in [0.717, 1.165) is 0 Å².